The number of nitrogens with zero attached hydrogens (tertiary/aromatic N) is 2. The lowest BCUT2D eigenvalue weighted by Gasteiger charge is -2.35. The number of amides is 1. The second kappa shape index (κ2) is 10.2. The van der Waals surface area contributed by atoms with Gasteiger partial charge in [-0.1, -0.05) is 0 Å². The Morgan fingerprint density at radius 2 is 1.93 bits per heavy atom. The van der Waals surface area contributed by atoms with E-state index < -0.39 is 0 Å². The lowest BCUT2D eigenvalue weighted by Crippen LogP contribution is -2.46. The topological polar surface area (TPSA) is 72.9 Å². The van der Waals surface area contributed by atoms with Gasteiger partial charge in [0.25, 0.3) is 5.91 Å². The molecule has 0 aliphatic carbocycles. The monoisotopic (exact) mass is 433 g/mol. The fourth-order valence-electron chi connectivity index (χ4n) is 3.75. The van der Waals surface area contributed by atoms with Crippen LogP contribution in [0.4, 0.5) is 0 Å². The number of hydrogen-bond donors (Lipinski definition) is 1. The summed E-state index contributed by atoms with van der Waals surface area (Å²) in [6, 6.07) is 5.65. The van der Waals surface area contributed by atoms with Crippen LogP contribution < -0.4 is 14.8 Å². The number of rotatable bonds is 8. The molecule has 0 saturated carbocycles. The van der Waals surface area contributed by atoms with E-state index in [1.807, 2.05) is 25.1 Å². The first-order chi connectivity index (χ1) is 14.4. The minimum atomic E-state index is -0.0690. The second-order valence-electron chi connectivity index (χ2n) is 7.63. The Balaban J connectivity index is 1.56. The number of benzene rings is 1. The number of methoxy groups -OCH3 is 2. The minimum Gasteiger partial charge on any atom is -0.493 e. The van der Waals surface area contributed by atoms with Crippen LogP contribution >= 0.6 is 11.3 Å². The van der Waals surface area contributed by atoms with Gasteiger partial charge in [0.2, 0.25) is 0 Å². The Morgan fingerprint density at radius 1 is 1.23 bits per heavy atom. The van der Waals surface area contributed by atoms with Crippen LogP contribution in [0.15, 0.2) is 18.2 Å². The highest BCUT2D eigenvalue weighted by molar-refractivity contribution is 7.17. The summed E-state index contributed by atoms with van der Waals surface area (Å²) in [5.41, 5.74) is 1.63. The van der Waals surface area contributed by atoms with Gasteiger partial charge in [-0.2, -0.15) is 0 Å². The van der Waals surface area contributed by atoms with Crippen LogP contribution in [-0.2, 0) is 4.74 Å². The van der Waals surface area contributed by atoms with Gasteiger partial charge >= 0.3 is 0 Å². The molecule has 1 aliphatic rings. The standard InChI is InChI=1S/C22H31N3O4S/c1-14-12-25(13-15(2)29-14)10-6-9-23-21(26)20-16(3)24-22(30-20)17-7-8-18(27-4)19(11-17)28-5/h7-8,11,14-15H,6,9-10,12-13H2,1-5H3,(H,23,26). The molecule has 30 heavy (non-hydrogen) atoms. The van der Waals surface area contributed by atoms with E-state index in [9.17, 15) is 4.79 Å². The van der Waals surface area contributed by atoms with Gasteiger partial charge in [-0.05, 0) is 45.4 Å². The molecule has 164 valence electrons. The molecule has 8 heteroatoms. The van der Waals surface area contributed by atoms with Gasteiger partial charge in [0.05, 0.1) is 32.1 Å². The first-order valence-electron chi connectivity index (χ1n) is 10.3. The normalized spacial score (nSPS) is 19.5. The molecule has 1 aliphatic heterocycles. The van der Waals surface area contributed by atoms with E-state index in [1.165, 1.54) is 11.3 Å². The third kappa shape index (κ3) is 5.50. The zero-order valence-electron chi connectivity index (χ0n) is 18.4. The highest BCUT2D eigenvalue weighted by Crippen LogP contribution is 2.34. The molecule has 1 saturated heterocycles. The van der Waals surface area contributed by atoms with E-state index in [1.54, 1.807) is 14.2 Å². The molecule has 3 rings (SSSR count). The summed E-state index contributed by atoms with van der Waals surface area (Å²) < 4.78 is 16.4. The number of morpholine rings is 1. The van der Waals surface area contributed by atoms with Crippen molar-refractivity contribution < 1.29 is 19.0 Å². The first-order valence-corrected chi connectivity index (χ1v) is 11.1. The number of hydrogen-bond acceptors (Lipinski definition) is 7. The largest absolute Gasteiger partial charge is 0.493 e. The van der Waals surface area contributed by atoms with Crippen LogP contribution in [0.2, 0.25) is 0 Å². The maximum atomic E-state index is 12.7. The third-order valence-electron chi connectivity index (χ3n) is 5.07. The van der Waals surface area contributed by atoms with Crippen LogP contribution in [0.5, 0.6) is 11.5 Å². The minimum absolute atomic E-state index is 0.0690. The molecule has 1 aromatic carbocycles. The Bertz CT molecular complexity index is 860. The molecule has 2 unspecified atom stereocenters. The number of carbonyl (C=O) groups excluding carboxylic acids is 1. The zero-order valence-corrected chi connectivity index (χ0v) is 19.2. The second-order valence-corrected chi connectivity index (χ2v) is 8.63. The van der Waals surface area contributed by atoms with Gasteiger partial charge in [-0.3, -0.25) is 9.69 Å². The Kier molecular flexibility index (Phi) is 7.69. The molecule has 0 radical (unpaired) electrons. The van der Waals surface area contributed by atoms with Crippen molar-refractivity contribution >= 4 is 17.2 Å². The van der Waals surface area contributed by atoms with Gasteiger partial charge < -0.3 is 19.5 Å². The summed E-state index contributed by atoms with van der Waals surface area (Å²) in [5, 5.41) is 3.82. The summed E-state index contributed by atoms with van der Waals surface area (Å²) in [6.07, 6.45) is 1.43. The number of aromatic nitrogens is 1. The molecular formula is C22H31N3O4S. The predicted octanol–water partition coefficient (Wildman–Crippen LogP) is 3.36. The first kappa shape index (κ1) is 22.5. The quantitative estimate of drug-likeness (QED) is 0.644. The zero-order chi connectivity index (χ0) is 21.7. The van der Waals surface area contributed by atoms with Gasteiger partial charge in [0.1, 0.15) is 9.88 Å². The van der Waals surface area contributed by atoms with Gasteiger partial charge in [0.15, 0.2) is 11.5 Å². The number of thiazole rings is 1. The van der Waals surface area contributed by atoms with E-state index in [-0.39, 0.29) is 18.1 Å². The molecule has 7 nitrogen and oxygen atoms in total. The summed E-state index contributed by atoms with van der Waals surface area (Å²) in [4.78, 5) is 20.3. The SMILES string of the molecule is COc1ccc(-c2nc(C)c(C(=O)NCCCN3CC(C)OC(C)C3)s2)cc1OC. The number of carbonyl (C=O) groups is 1. The van der Waals surface area contributed by atoms with Crippen molar-refractivity contribution in [2.75, 3.05) is 40.4 Å². The van der Waals surface area contributed by atoms with Crippen LogP contribution in [0.1, 0.15) is 35.6 Å². The number of nitrogens with one attached hydrogen (secondary N) is 1. The molecule has 1 fully saturated rings. The van der Waals surface area contributed by atoms with E-state index in [2.05, 4.69) is 29.0 Å². The summed E-state index contributed by atoms with van der Waals surface area (Å²) in [6.45, 7) is 9.56. The van der Waals surface area contributed by atoms with Crippen molar-refractivity contribution in [3.8, 4) is 22.1 Å². The maximum absolute atomic E-state index is 12.7. The number of aryl methyl sites for hydroxylation is 1. The summed E-state index contributed by atoms with van der Waals surface area (Å²) >= 11 is 1.39. The lowest BCUT2D eigenvalue weighted by molar-refractivity contribution is -0.0679. The molecule has 1 N–H and O–H groups in total. The predicted molar refractivity (Wildman–Crippen MR) is 119 cm³/mol. The van der Waals surface area contributed by atoms with Crippen molar-refractivity contribution in [1.82, 2.24) is 15.2 Å². The van der Waals surface area contributed by atoms with Gasteiger partial charge in [-0.15, -0.1) is 11.3 Å². The van der Waals surface area contributed by atoms with E-state index in [0.717, 1.165) is 42.3 Å². The van der Waals surface area contributed by atoms with Crippen LogP contribution in [0, 0.1) is 6.92 Å². The van der Waals surface area contributed by atoms with Crippen LogP contribution in [-0.4, -0.2) is 68.4 Å². The Morgan fingerprint density at radius 3 is 2.60 bits per heavy atom. The van der Waals surface area contributed by atoms with E-state index in [4.69, 9.17) is 14.2 Å². The average molecular weight is 434 g/mol. The van der Waals surface area contributed by atoms with Gasteiger partial charge in [0, 0.05) is 31.7 Å². The lowest BCUT2D eigenvalue weighted by atomic mass is 10.2. The molecule has 2 aromatic rings. The summed E-state index contributed by atoms with van der Waals surface area (Å²) in [7, 11) is 3.21. The molecule has 1 aromatic heterocycles. The molecule has 0 spiro atoms. The number of ether oxygens (including phenoxy) is 3. The van der Waals surface area contributed by atoms with E-state index in [0.29, 0.717) is 22.9 Å². The average Bonchev–Trinajstić information content (AvgIpc) is 3.11. The van der Waals surface area contributed by atoms with Crippen molar-refractivity contribution in [1.29, 1.82) is 0 Å². The summed E-state index contributed by atoms with van der Waals surface area (Å²) in [5.74, 6) is 1.23. The van der Waals surface area contributed by atoms with Crippen molar-refractivity contribution in [2.24, 2.45) is 0 Å². The van der Waals surface area contributed by atoms with E-state index >= 15 is 0 Å². The Labute approximate surface area is 182 Å². The Hall–Kier alpha value is -2.16. The smallest absolute Gasteiger partial charge is 0.263 e. The van der Waals surface area contributed by atoms with Gasteiger partial charge in [-0.25, -0.2) is 4.98 Å². The molecule has 2 heterocycles. The molecule has 0 bridgehead atoms. The maximum Gasteiger partial charge on any atom is 0.263 e. The third-order valence-corrected chi connectivity index (χ3v) is 6.27. The highest BCUT2D eigenvalue weighted by atomic mass is 32.1. The van der Waals surface area contributed by atoms with Crippen molar-refractivity contribution in [3.05, 3.63) is 28.8 Å². The van der Waals surface area contributed by atoms with Crippen molar-refractivity contribution in [2.45, 2.75) is 39.4 Å². The molecule has 2 atom stereocenters. The van der Waals surface area contributed by atoms with Crippen LogP contribution in [0.3, 0.4) is 0 Å². The molecule has 1 amide bonds. The highest BCUT2D eigenvalue weighted by Gasteiger charge is 2.22. The fraction of sp³-hybridized carbons (Fsp3) is 0.545. The molecular weight excluding hydrogens is 402 g/mol. The fourth-order valence-corrected chi connectivity index (χ4v) is 4.73. The van der Waals surface area contributed by atoms with Crippen molar-refractivity contribution in [3.63, 3.8) is 0 Å². The van der Waals surface area contributed by atoms with Crippen LogP contribution in [0.25, 0.3) is 10.6 Å².